The smallest absolute Gasteiger partial charge is 0.159 e. The van der Waals surface area contributed by atoms with Gasteiger partial charge < -0.3 is 0 Å². The van der Waals surface area contributed by atoms with E-state index < -0.39 is 0 Å². The zero-order valence-corrected chi connectivity index (χ0v) is 10.2. The first-order valence-corrected chi connectivity index (χ1v) is 5.33. The Balaban J connectivity index is 0.000000461. The fourth-order valence-electron chi connectivity index (χ4n) is 1.13. The summed E-state index contributed by atoms with van der Waals surface area (Å²) < 4.78 is 1.03. The van der Waals surface area contributed by atoms with Gasteiger partial charge in [-0.05, 0) is 12.2 Å². The third kappa shape index (κ3) is 1.90. The highest BCUT2D eigenvalue weighted by atomic mass is 79.9. The first-order valence-electron chi connectivity index (χ1n) is 4.54. The number of halogens is 1. The van der Waals surface area contributed by atoms with Crippen molar-refractivity contribution in [1.29, 1.82) is 0 Å². The standard InChI is InChI=1S/C8H8BrN3.C2H6/c1-6-11(2)10-8-5-7(9)3-4-12(6)8;1-2/h3-5H,1H2,2H3;1-2H3. The largest absolute Gasteiger partial charge is 0.285 e. The molecule has 2 heterocycles. The molecule has 0 fully saturated rings. The molecule has 2 aliphatic heterocycles. The predicted octanol–water partition coefficient (Wildman–Crippen LogP) is 2.85. The Bertz CT molecular complexity index is 328. The summed E-state index contributed by atoms with van der Waals surface area (Å²) in [7, 11) is 1.88. The van der Waals surface area contributed by atoms with Crippen molar-refractivity contribution in [2.24, 2.45) is 5.10 Å². The summed E-state index contributed by atoms with van der Waals surface area (Å²) in [5, 5.41) is 6.01. The molecule has 0 atom stereocenters. The molecule has 0 spiro atoms. The van der Waals surface area contributed by atoms with Crippen molar-refractivity contribution in [3.63, 3.8) is 0 Å². The number of hydrogen-bond donors (Lipinski definition) is 0. The van der Waals surface area contributed by atoms with Gasteiger partial charge in [0.05, 0.1) is 0 Å². The molecule has 3 nitrogen and oxygen atoms in total. The maximum absolute atomic E-state index is 4.26. The first-order chi connectivity index (χ1) is 6.68. The van der Waals surface area contributed by atoms with E-state index in [1.54, 1.807) is 5.01 Å². The fourth-order valence-corrected chi connectivity index (χ4v) is 1.45. The molecule has 0 unspecified atom stereocenters. The van der Waals surface area contributed by atoms with Crippen LogP contribution < -0.4 is 0 Å². The van der Waals surface area contributed by atoms with Crippen LogP contribution in [0.15, 0.2) is 40.3 Å². The number of fused-ring (bicyclic) bond motifs is 1. The minimum Gasteiger partial charge on any atom is -0.285 e. The number of hydrazone groups is 1. The van der Waals surface area contributed by atoms with E-state index in [0.717, 1.165) is 16.1 Å². The molecule has 0 aromatic rings. The summed E-state index contributed by atoms with van der Waals surface area (Å²) in [6.07, 6.45) is 5.85. The highest BCUT2D eigenvalue weighted by Gasteiger charge is 2.23. The summed E-state index contributed by atoms with van der Waals surface area (Å²) in [6, 6.07) is 0. The van der Waals surface area contributed by atoms with Gasteiger partial charge in [0.1, 0.15) is 5.82 Å². The molecular formula is C10H14BrN3. The Morgan fingerprint density at radius 2 is 2.07 bits per heavy atom. The average Bonchev–Trinajstić information content (AvgIpc) is 2.45. The maximum Gasteiger partial charge on any atom is 0.159 e. The molecule has 2 aliphatic rings. The van der Waals surface area contributed by atoms with Gasteiger partial charge in [-0.1, -0.05) is 36.4 Å². The van der Waals surface area contributed by atoms with Crippen molar-refractivity contribution >= 4 is 21.8 Å². The van der Waals surface area contributed by atoms with Gasteiger partial charge in [0.2, 0.25) is 0 Å². The van der Waals surface area contributed by atoms with Gasteiger partial charge in [-0.15, -0.1) is 0 Å². The molecular weight excluding hydrogens is 242 g/mol. The highest BCUT2D eigenvalue weighted by Crippen LogP contribution is 2.24. The van der Waals surface area contributed by atoms with Crippen LogP contribution in [0.5, 0.6) is 0 Å². The lowest BCUT2D eigenvalue weighted by Crippen LogP contribution is -2.22. The highest BCUT2D eigenvalue weighted by molar-refractivity contribution is 9.11. The summed E-state index contributed by atoms with van der Waals surface area (Å²) in [5.41, 5.74) is 0. The van der Waals surface area contributed by atoms with Crippen molar-refractivity contribution in [1.82, 2.24) is 9.91 Å². The molecule has 0 N–H and O–H groups in total. The van der Waals surface area contributed by atoms with Crippen LogP contribution >= 0.6 is 15.9 Å². The molecule has 0 aromatic carbocycles. The number of allylic oxidation sites excluding steroid dienone is 2. The molecule has 0 saturated heterocycles. The van der Waals surface area contributed by atoms with Crippen LogP contribution in [0.4, 0.5) is 0 Å². The summed E-state index contributed by atoms with van der Waals surface area (Å²) >= 11 is 3.38. The molecule has 0 saturated carbocycles. The van der Waals surface area contributed by atoms with Crippen molar-refractivity contribution in [3.8, 4) is 0 Å². The first kappa shape index (κ1) is 11.0. The van der Waals surface area contributed by atoms with Gasteiger partial charge in [0, 0.05) is 17.7 Å². The van der Waals surface area contributed by atoms with Gasteiger partial charge >= 0.3 is 0 Å². The van der Waals surface area contributed by atoms with E-state index in [2.05, 4.69) is 27.6 Å². The Kier molecular flexibility index (Phi) is 3.52. The number of nitrogens with zero attached hydrogens (tertiary/aromatic N) is 3. The molecule has 0 aromatic heterocycles. The minimum atomic E-state index is 0.873. The topological polar surface area (TPSA) is 18.8 Å². The molecule has 0 radical (unpaired) electrons. The molecule has 2 rings (SSSR count). The van der Waals surface area contributed by atoms with Crippen LogP contribution in [-0.2, 0) is 0 Å². The van der Waals surface area contributed by atoms with Crippen LogP contribution in [0, 0.1) is 0 Å². The van der Waals surface area contributed by atoms with Crippen LogP contribution in [0.2, 0.25) is 0 Å². The Morgan fingerprint density at radius 3 is 2.71 bits per heavy atom. The van der Waals surface area contributed by atoms with Crippen LogP contribution in [0.1, 0.15) is 13.8 Å². The molecule has 76 valence electrons. The van der Waals surface area contributed by atoms with Crippen molar-refractivity contribution < 1.29 is 0 Å². The zero-order chi connectivity index (χ0) is 10.7. The zero-order valence-electron chi connectivity index (χ0n) is 8.66. The van der Waals surface area contributed by atoms with E-state index in [1.807, 2.05) is 44.1 Å². The molecule has 0 amide bonds. The third-order valence-electron chi connectivity index (χ3n) is 1.80. The molecule has 4 heteroatoms. The number of hydrogen-bond acceptors (Lipinski definition) is 3. The van der Waals surface area contributed by atoms with E-state index in [-0.39, 0.29) is 0 Å². The quantitative estimate of drug-likeness (QED) is 0.663. The second-order valence-electron chi connectivity index (χ2n) is 2.61. The summed E-state index contributed by atoms with van der Waals surface area (Å²) in [4.78, 5) is 1.94. The normalized spacial score (nSPS) is 18.4. The number of rotatable bonds is 0. The summed E-state index contributed by atoms with van der Waals surface area (Å²) in [5.74, 6) is 1.77. The van der Waals surface area contributed by atoms with E-state index in [0.29, 0.717) is 0 Å². The SMILES string of the molecule is C=C1N(C)N=C2C=C(Br)C=CN12.CC. The Hall–Kier alpha value is -1.03. The van der Waals surface area contributed by atoms with Gasteiger partial charge in [0.25, 0.3) is 0 Å². The van der Waals surface area contributed by atoms with Crippen LogP contribution in [-0.4, -0.2) is 22.8 Å². The lowest BCUT2D eigenvalue weighted by atomic mass is 10.3. The summed E-state index contributed by atoms with van der Waals surface area (Å²) in [6.45, 7) is 7.89. The van der Waals surface area contributed by atoms with Crippen LogP contribution in [0.3, 0.4) is 0 Å². The monoisotopic (exact) mass is 255 g/mol. The third-order valence-corrected chi connectivity index (χ3v) is 2.29. The lowest BCUT2D eigenvalue weighted by molar-refractivity contribution is 0.415. The Labute approximate surface area is 93.2 Å². The molecule has 0 bridgehead atoms. The minimum absolute atomic E-state index is 0.873. The van der Waals surface area contributed by atoms with Gasteiger partial charge in [-0.2, -0.15) is 5.10 Å². The number of amidine groups is 1. The van der Waals surface area contributed by atoms with E-state index >= 15 is 0 Å². The van der Waals surface area contributed by atoms with Crippen molar-refractivity contribution in [2.45, 2.75) is 13.8 Å². The van der Waals surface area contributed by atoms with E-state index in [1.165, 1.54) is 0 Å². The second kappa shape index (κ2) is 4.46. The van der Waals surface area contributed by atoms with Crippen LogP contribution in [0.25, 0.3) is 0 Å². The van der Waals surface area contributed by atoms with Gasteiger partial charge in [-0.25, -0.2) is 0 Å². The second-order valence-corrected chi connectivity index (χ2v) is 3.53. The van der Waals surface area contributed by atoms with E-state index in [4.69, 9.17) is 0 Å². The van der Waals surface area contributed by atoms with Gasteiger partial charge in [0.15, 0.2) is 5.84 Å². The Morgan fingerprint density at radius 1 is 1.43 bits per heavy atom. The lowest BCUT2D eigenvalue weighted by Gasteiger charge is -2.18. The van der Waals surface area contributed by atoms with Crippen molar-refractivity contribution in [3.05, 3.63) is 35.2 Å². The fraction of sp³-hybridized carbons (Fsp3) is 0.300. The molecule has 14 heavy (non-hydrogen) atoms. The predicted molar refractivity (Wildman–Crippen MR) is 63.7 cm³/mol. The van der Waals surface area contributed by atoms with E-state index in [9.17, 15) is 0 Å². The van der Waals surface area contributed by atoms with Crippen molar-refractivity contribution in [2.75, 3.05) is 7.05 Å². The molecule has 0 aliphatic carbocycles. The van der Waals surface area contributed by atoms with Gasteiger partial charge in [-0.3, -0.25) is 9.91 Å². The maximum atomic E-state index is 4.26. The average molecular weight is 256 g/mol.